The van der Waals surface area contributed by atoms with Gasteiger partial charge in [-0.2, -0.15) is 0 Å². The number of hydrogen-bond acceptors (Lipinski definition) is 3. The number of fused-ring (bicyclic) bond motifs is 1. The average molecular weight is 310 g/mol. The zero-order valence-electron chi connectivity index (χ0n) is 12.2. The molecule has 114 valence electrons. The first-order valence-corrected chi connectivity index (χ1v) is 7.96. The molecule has 1 N–H and O–H groups in total. The van der Waals surface area contributed by atoms with E-state index in [2.05, 4.69) is 18.8 Å². The maximum Gasteiger partial charge on any atom is 0.313 e. The molecule has 2 rings (SSSR count). The number of nitrogens with zero attached hydrogens (tertiary/aromatic N) is 2. The van der Waals surface area contributed by atoms with Crippen molar-refractivity contribution in [1.29, 1.82) is 0 Å². The molecule has 0 bridgehead atoms. The number of carboxylic acids is 1. The summed E-state index contributed by atoms with van der Waals surface area (Å²) in [6, 6.07) is 4.47. The summed E-state index contributed by atoms with van der Waals surface area (Å²) in [7, 11) is 0. The lowest BCUT2D eigenvalue weighted by Gasteiger charge is -2.09. The van der Waals surface area contributed by atoms with Gasteiger partial charge < -0.3 is 9.67 Å². The SMILES string of the molecule is CC(C)CCCn1c(SCC(=O)O)nc2ccc(F)cc21. The molecule has 21 heavy (non-hydrogen) atoms. The van der Waals surface area contributed by atoms with Crippen molar-refractivity contribution in [2.75, 3.05) is 5.75 Å². The predicted molar refractivity (Wildman–Crippen MR) is 82.1 cm³/mol. The van der Waals surface area contributed by atoms with Crippen LogP contribution in [0.5, 0.6) is 0 Å². The molecule has 6 heteroatoms. The maximum atomic E-state index is 13.4. The second-order valence-electron chi connectivity index (χ2n) is 5.40. The van der Waals surface area contributed by atoms with Crippen LogP contribution >= 0.6 is 11.8 Å². The van der Waals surface area contributed by atoms with Gasteiger partial charge in [-0.3, -0.25) is 4.79 Å². The van der Waals surface area contributed by atoms with E-state index in [1.807, 2.05) is 4.57 Å². The standard InChI is InChI=1S/C15H19FN2O2S/c1-10(2)4-3-7-18-13-8-11(16)5-6-12(13)17-15(18)21-9-14(19)20/h5-6,8,10H,3-4,7,9H2,1-2H3,(H,19,20). The van der Waals surface area contributed by atoms with Crippen LogP contribution in [0.1, 0.15) is 26.7 Å². The topological polar surface area (TPSA) is 55.1 Å². The van der Waals surface area contributed by atoms with Crippen LogP contribution in [0.15, 0.2) is 23.4 Å². The molecule has 1 heterocycles. The minimum absolute atomic E-state index is 0.0457. The third-order valence-electron chi connectivity index (χ3n) is 3.16. The molecule has 4 nitrogen and oxygen atoms in total. The second kappa shape index (κ2) is 6.93. The number of imidazole rings is 1. The lowest BCUT2D eigenvalue weighted by Crippen LogP contribution is -2.04. The lowest BCUT2D eigenvalue weighted by atomic mass is 10.1. The fourth-order valence-corrected chi connectivity index (χ4v) is 2.94. The van der Waals surface area contributed by atoms with Gasteiger partial charge in [-0.1, -0.05) is 25.6 Å². The Morgan fingerprint density at radius 3 is 2.90 bits per heavy atom. The van der Waals surface area contributed by atoms with E-state index in [4.69, 9.17) is 5.11 Å². The molecular weight excluding hydrogens is 291 g/mol. The van der Waals surface area contributed by atoms with Crippen LogP contribution in [0.25, 0.3) is 11.0 Å². The Hall–Kier alpha value is -1.56. The van der Waals surface area contributed by atoms with Crippen LogP contribution in [-0.2, 0) is 11.3 Å². The van der Waals surface area contributed by atoms with Gasteiger partial charge in [0, 0.05) is 6.54 Å². The van der Waals surface area contributed by atoms with Crippen molar-refractivity contribution >= 4 is 28.8 Å². The first-order valence-electron chi connectivity index (χ1n) is 6.97. The van der Waals surface area contributed by atoms with E-state index in [-0.39, 0.29) is 11.6 Å². The van der Waals surface area contributed by atoms with E-state index >= 15 is 0 Å². The molecular formula is C15H19FN2O2S. The number of halogens is 1. The van der Waals surface area contributed by atoms with Gasteiger partial charge >= 0.3 is 5.97 Å². The number of thioether (sulfide) groups is 1. The predicted octanol–water partition coefficient (Wildman–Crippen LogP) is 3.79. The second-order valence-corrected chi connectivity index (χ2v) is 6.34. The first-order chi connectivity index (χ1) is 9.97. The first kappa shape index (κ1) is 15.8. The van der Waals surface area contributed by atoms with Crippen LogP contribution in [0.4, 0.5) is 4.39 Å². The smallest absolute Gasteiger partial charge is 0.313 e. The third-order valence-corrected chi connectivity index (χ3v) is 4.12. The van der Waals surface area contributed by atoms with Gasteiger partial charge in [-0.05, 0) is 37.0 Å². The number of aromatic nitrogens is 2. The fraction of sp³-hybridized carbons (Fsp3) is 0.467. The number of aliphatic carboxylic acids is 1. The van der Waals surface area contributed by atoms with Crippen LogP contribution in [0.3, 0.4) is 0 Å². The molecule has 0 aliphatic carbocycles. The molecule has 0 unspecified atom stereocenters. The Bertz CT molecular complexity index is 640. The third kappa shape index (κ3) is 4.20. The quantitative estimate of drug-likeness (QED) is 0.791. The summed E-state index contributed by atoms with van der Waals surface area (Å²) < 4.78 is 15.4. The van der Waals surface area contributed by atoms with E-state index in [1.54, 1.807) is 6.07 Å². The summed E-state index contributed by atoms with van der Waals surface area (Å²) in [4.78, 5) is 15.2. The summed E-state index contributed by atoms with van der Waals surface area (Å²) in [5.74, 6) is -0.628. The normalized spacial score (nSPS) is 11.4. The number of aryl methyl sites for hydroxylation is 1. The van der Waals surface area contributed by atoms with E-state index in [9.17, 15) is 9.18 Å². The minimum atomic E-state index is -0.882. The molecule has 1 aromatic heterocycles. The van der Waals surface area contributed by atoms with Gasteiger partial charge in [0.15, 0.2) is 5.16 Å². The van der Waals surface area contributed by atoms with Gasteiger partial charge in [0.25, 0.3) is 0 Å². The van der Waals surface area contributed by atoms with Crippen LogP contribution < -0.4 is 0 Å². The zero-order valence-corrected chi connectivity index (χ0v) is 13.0. The van der Waals surface area contributed by atoms with Crippen molar-refractivity contribution in [2.24, 2.45) is 5.92 Å². The number of rotatable bonds is 7. The maximum absolute atomic E-state index is 13.4. The van der Waals surface area contributed by atoms with E-state index in [0.29, 0.717) is 16.6 Å². The highest BCUT2D eigenvalue weighted by molar-refractivity contribution is 7.99. The van der Waals surface area contributed by atoms with Gasteiger partial charge in [-0.15, -0.1) is 0 Å². The molecule has 0 aliphatic rings. The van der Waals surface area contributed by atoms with Gasteiger partial charge in [0.1, 0.15) is 5.82 Å². The molecule has 0 atom stereocenters. The monoisotopic (exact) mass is 310 g/mol. The van der Waals surface area contributed by atoms with Crippen molar-refractivity contribution in [2.45, 2.75) is 38.4 Å². The highest BCUT2D eigenvalue weighted by atomic mass is 32.2. The fourth-order valence-electron chi connectivity index (χ4n) is 2.18. The van der Waals surface area contributed by atoms with Crippen molar-refractivity contribution in [1.82, 2.24) is 9.55 Å². The average Bonchev–Trinajstić information content (AvgIpc) is 2.74. The number of carbonyl (C=O) groups is 1. The Morgan fingerprint density at radius 1 is 1.48 bits per heavy atom. The van der Waals surface area contributed by atoms with Crippen molar-refractivity contribution in [3.05, 3.63) is 24.0 Å². The van der Waals surface area contributed by atoms with Crippen molar-refractivity contribution < 1.29 is 14.3 Å². The van der Waals surface area contributed by atoms with Crippen molar-refractivity contribution in [3.63, 3.8) is 0 Å². The van der Waals surface area contributed by atoms with E-state index < -0.39 is 5.97 Å². The molecule has 1 aromatic carbocycles. The molecule has 0 amide bonds. The van der Waals surface area contributed by atoms with Gasteiger partial charge in [0.05, 0.1) is 16.8 Å². The molecule has 0 fully saturated rings. The minimum Gasteiger partial charge on any atom is -0.481 e. The Morgan fingerprint density at radius 2 is 2.24 bits per heavy atom. The summed E-state index contributed by atoms with van der Waals surface area (Å²) >= 11 is 1.18. The molecule has 0 radical (unpaired) electrons. The number of carboxylic acid groups (broad SMARTS) is 1. The number of hydrogen-bond donors (Lipinski definition) is 1. The van der Waals surface area contributed by atoms with Crippen LogP contribution in [0, 0.1) is 11.7 Å². The van der Waals surface area contributed by atoms with E-state index in [1.165, 1.54) is 23.9 Å². The Balaban J connectivity index is 2.28. The highest BCUT2D eigenvalue weighted by Crippen LogP contribution is 2.25. The Labute approximate surface area is 127 Å². The summed E-state index contributed by atoms with van der Waals surface area (Å²) in [6.45, 7) is 5.04. The molecule has 0 saturated carbocycles. The summed E-state index contributed by atoms with van der Waals surface area (Å²) in [5.41, 5.74) is 1.43. The van der Waals surface area contributed by atoms with Crippen LogP contribution in [0.2, 0.25) is 0 Å². The largest absolute Gasteiger partial charge is 0.481 e. The van der Waals surface area contributed by atoms with Crippen molar-refractivity contribution in [3.8, 4) is 0 Å². The Kier molecular flexibility index (Phi) is 5.22. The van der Waals surface area contributed by atoms with E-state index in [0.717, 1.165) is 24.9 Å². The van der Waals surface area contributed by atoms with Gasteiger partial charge in [-0.25, -0.2) is 9.37 Å². The number of benzene rings is 1. The van der Waals surface area contributed by atoms with Crippen LogP contribution in [-0.4, -0.2) is 26.4 Å². The highest BCUT2D eigenvalue weighted by Gasteiger charge is 2.13. The van der Waals surface area contributed by atoms with Gasteiger partial charge in [0.2, 0.25) is 0 Å². The summed E-state index contributed by atoms with van der Waals surface area (Å²) in [5, 5.41) is 9.46. The molecule has 2 aromatic rings. The molecule has 0 aliphatic heterocycles. The molecule has 0 saturated heterocycles. The summed E-state index contributed by atoms with van der Waals surface area (Å²) in [6.07, 6.45) is 2.03. The molecule has 0 spiro atoms. The lowest BCUT2D eigenvalue weighted by molar-refractivity contribution is -0.133. The zero-order chi connectivity index (χ0) is 15.4.